The number of benzene rings is 1. The highest BCUT2D eigenvalue weighted by molar-refractivity contribution is 5.54. The van der Waals surface area contributed by atoms with Gasteiger partial charge in [-0.15, -0.1) is 0 Å². The van der Waals surface area contributed by atoms with Crippen LogP contribution in [0.4, 0.5) is 15.8 Å². The van der Waals surface area contributed by atoms with E-state index in [9.17, 15) is 4.39 Å². The first kappa shape index (κ1) is 12.4. The fraction of sp³-hybridized carbons (Fsp3) is 0.214. The van der Waals surface area contributed by atoms with Crippen molar-refractivity contribution in [2.45, 2.75) is 13.0 Å². The van der Waals surface area contributed by atoms with Gasteiger partial charge in [-0.2, -0.15) is 0 Å². The summed E-state index contributed by atoms with van der Waals surface area (Å²) < 4.78 is 13.6. The minimum absolute atomic E-state index is 0.111. The molecule has 0 fully saturated rings. The second-order valence-corrected chi connectivity index (χ2v) is 4.10. The first-order valence-corrected chi connectivity index (χ1v) is 5.84. The SMILES string of the molecule is CNc1cncc(NC(C)c2ccccc2F)c1. The molecule has 2 N–H and O–H groups in total. The van der Waals surface area contributed by atoms with E-state index in [4.69, 9.17) is 0 Å². The maximum atomic E-state index is 13.6. The summed E-state index contributed by atoms with van der Waals surface area (Å²) in [5.41, 5.74) is 2.42. The second kappa shape index (κ2) is 5.49. The summed E-state index contributed by atoms with van der Waals surface area (Å²) in [7, 11) is 1.83. The molecule has 3 nitrogen and oxygen atoms in total. The third-order valence-corrected chi connectivity index (χ3v) is 2.78. The number of pyridine rings is 1. The molecule has 1 atom stereocenters. The topological polar surface area (TPSA) is 37.0 Å². The Morgan fingerprint density at radius 3 is 2.61 bits per heavy atom. The second-order valence-electron chi connectivity index (χ2n) is 4.10. The lowest BCUT2D eigenvalue weighted by atomic mass is 10.1. The largest absolute Gasteiger partial charge is 0.387 e. The molecule has 0 bridgehead atoms. The lowest BCUT2D eigenvalue weighted by Gasteiger charge is -2.16. The van der Waals surface area contributed by atoms with E-state index < -0.39 is 0 Å². The Balaban J connectivity index is 2.16. The first-order chi connectivity index (χ1) is 8.70. The van der Waals surface area contributed by atoms with Crippen molar-refractivity contribution in [3.05, 3.63) is 54.1 Å². The molecule has 1 heterocycles. The monoisotopic (exact) mass is 245 g/mol. The molecule has 1 unspecified atom stereocenters. The van der Waals surface area contributed by atoms with Gasteiger partial charge in [0, 0.05) is 12.6 Å². The number of hydrogen-bond acceptors (Lipinski definition) is 3. The fourth-order valence-electron chi connectivity index (χ4n) is 1.81. The average Bonchev–Trinajstić information content (AvgIpc) is 2.39. The summed E-state index contributed by atoms with van der Waals surface area (Å²) in [6, 6.07) is 8.59. The Bertz CT molecular complexity index is 528. The van der Waals surface area contributed by atoms with Crippen LogP contribution in [0.1, 0.15) is 18.5 Å². The van der Waals surface area contributed by atoms with E-state index in [1.54, 1.807) is 24.5 Å². The van der Waals surface area contributed by atoms with Gasteiger partial charge in [-0.25, -0.2) is 4.39 Å². The molecule has 0 aliphatic heterocycles. The summed E-state index contributed by atoms with van der Waals surface area (Å²) in [4.78, 5) is 4.11. The number of rotatable bonds is 4. The number of nitrogens with zero attached hydrogens (tertiary/aromatic N) is 1. The number of halogens is 1. The molecule has 0 radical (unpaired) electrons. The van der Waals surface area contributed by atoms with Crippen LogP contribution in [-0.4, -0.2) is 12.0 Å². The molecular formula is C14H16FN3. The number of nitrogens with one attached hydrogen (secondary N) is 2. The molecule has 0 spiro atoms. The highest BCUT2D eigenvalue weighted by atomic mass is 19.1. The quantitative estimate of drug-likeness (QED) is 0.866. The smallest absolute Gasteiger partial charge is 0.128 e. The molecule has 0 aliphatic rings. The molecule has 1 aromatic heterocycles. The van der Waals surface area contributed by atoms with E-state index in [1.165, 1.54) is 6.07 Å². The number of hydrogen-bond donors (Lipinski definition) is 2. The predicted molar refractivity (Wildman–Crippen MR) is 72.2 cm³/mol. The van der Waals surface area contributed by atoms with Crippen molar-refractivity contribution in [3.8, 4) is 0 Å². The summed E-state index contributed by atoms with van der Waals surface area (Å²) in [6.07, 6.45) is 3.46. The van der Waals surface area contributed by atoms with Gasteiger partial charge < -0.3 is 10.6 Å². The Hall–Kier alpha value is -2.10. The van der Waals surface area contributed by atoms with Crippen molar-refractivity contribution in [1.29, 1.82) is 0 Å². The summed E-state index contributed by atoms with van der Waals surface area (Å²) in [6.45, 7) is 1.92. The van der Waals surface area contributed by atoms with Gasteiger partial charge in [0.1, 0.15) is 5.82 Å². The van der Waals surface area contributed by atoms with E-state index in [0.717, 1.165) is 11.4 Å². The summed E-state index contributed by atoms with van der Waals surface area (Å²) in [5, 5.41) is 6.25. The predicted octanol–water partition coefficient (Wildman–Crippen LogP) is 3.44. The maximum Gasteiger partial charge on any atom is 0.128 e. The third kappa shape index (κ3) is 2.77. The maximum absolute atomic E-state index is 13.6. The summed E-state index contributed by atoms with van der Waals surface area (Å²) in [5.74, 6) is -0.199. The van der Waals surface area contributed by atoms with Crippen LogP contribution in [0, 0.1) is 5.82 Å². The van der Waals surface area contributed by atoms with E-state index in [1.807, 2.05) is 26.1 Å². The third-order valence-electron chi connectivity index (χ3n) is 2.78. The zero-order valence-corrected chi connectivity index (χ0v) is 10.4. The van der Waals surface area contributed by atoms with Gasteiger partial charge in [0.25, 0.3) is 0 Å². The number of anilines is 2. The number of aromatic nitrogens is 1. The molecule has 2 aromatic rings. The van der Waals surface area contributed by atoms with Gasteiger partial charge in [0.05, 0.1) is 29.8 Å². The molecule has 0 amide bonds. The lowest BCUT2D eigenvalue weighted by molar-refractivity contribution is 0.600. The van der Waals surface area contributed by atoms with Crippen molar-refractivity contribution < 1.29 is 4.39 Å². The highest BCUT2D eigenvalue weighted by Gasteiger charge is 2.10. The van der Waals surface area contributed by atoms with Gasteiger partial charge in [0.2, 0.25) is 0 Å². The van der Waals surface area contributed by atoms with Crippen molar-refractivity contribution in [2.24, 2.45) is 0 Å². The zero-order chi connectivity index (χ0) is 13.0. The molecule has 0 saturated heterocycles. The Labute approximate surface area is 106 Å². The van der Waals surface area contributed by atoms with Gasteiger partial charge in [-0.1, -0.05) is 18.2 Å². The Morgan fingerprint density at radius 2 is 1.89 bits per heavy atom. The van der Waals surface area contributed by atoms with Gasteiger partial charge in [-0.3, -0.25) is 4.98 Å². The van der Waals surface area contributed by atoms with Gasteiger partial charge >= 0.3 is 0 Å². The van der Waals surface area contributed by atoms with Gasteiger partial charge in [0.15, 0.2) is 0 Å². The molecule has 2 rings (SSSR count). The molecular weight excluding hydrogens is 229 g/mol. The zero-order valence-electron chi connectivity index (χ0n) is 10.4. The van der Waals surface area contributed by atoms with Crippen LogP contribution in [0.3, 0.4) is 0 Å². The van der Waals surface area contributed by atoms with Crippen LogP contribution in [-0.2, 0) is 0 Å². The van der Waals surface area contributed by atoms with Crippen molar-refractivity contribution >= 4 is 11.4 Å². The molecule has 0 aliphatic carbocycles. The average molecular weight is 245 g/mol. The molecule has 4 heteroatoms. The van der Waals surface area contributed by atoms with Crippen LogP contribution < -0.4 is 10.6 Å². The highest BCUT2D eigenvalue weighted by Crippen LogP contribution is 2.22. The molecule has 18 heavy (non-hydrogen) atoms. The Kier molecular flexibility index (Phi) is 3.77. The minimum atomic E-state index is -0.199. The van der Waals surface area contributed by atoms with E-state index in [2.05, 4.69) is 15.6 Å². The van der Waals surface area contributed by atoms with E-state index in [0.29, 0.717) is 5.56 Å². The summed E-state index contributed by atoms with van der Waals surface area (Å²) >= 11 is 0. The van der Waals surface area contributed by atoms with Crippen LogP contribution in [0.15, 0.2) is 42.7 Å². The van der Waals surface area contributed by atoms with Crippen LogP contribution in [0.25, 0.3) is 0 Å². The van der Waals surface area contributed by atoms with Crippen molar-refractivity contribution in [1.82, 2.24) is 4.98 Å². The first-order valence-electron chi connectivity index (χ1n) is 5.84. The Morgan fingerprint density at radius 1 is 1.17 bits per heavy atom. The minimum Gasteiger partial charge on any atom is -0.387 e. The molecule has 1 aromatic carbocycles. The van der Waals surface area contributed by atoms with E-state index >= 15 is 0 Å². The van der Waals surface area contributed by atoms with Gasteiger partial charge in [-0.05, 0) is 19.1 Å². The van der Waals surface area contributed by atoms with Crippen LogP contribution >= 0.6 is 0 Å². The fourth-order valence-corrected chi connectivity index (χ4v) is 1.81. The van der Waals surface area contributed by atoms with Crippen molar-refractivity contribution in [2.75, 3.05) is 17.7 Å². The van der Waals surface area contributed by atoms with Crippen LogP contribution in [0.5, 0.6) is 0 Å². The standard InChI is InChI=1S/C14H16FN3/c1-10(13-5-3-4-6-14(13)15)18-12-7-11(16-2)8-17-9-12/h3-10,16,18H,1-2H3. The molecule has 94 valence electrons. The normalized spacial score (nSPS) is 11.9. The van der Waals surface area contributed by atoms with Crippen LogP contribution in [0.2, 0.25) is 0 Å². The van der Waals surface area contributed by atoms with E-state index in [-0.39, 0.29) is 11.9 Å². The molecule has 0 saturated carbocycles. The lowest BCUT2D eigenvalue weighted by Crippen LogP contribution is -2.08. The van der Waals surface area contributed by atoms with Crippen molar-refractivity contribution in [3.63, 3.8) is 0 Å².